The van der Waals surface area contributed by atoms with Gasteiger partial charge in [-0.25, -0.2) is 0 Å². The van der Waals surface area contributed by atoms with E-state index < -0.39 is 0 Å². The number of benzene rings is 1. The maximum atomic E-state index is 10.9. The summed E-state index contributed by atoms with van der Waals surface area (Å²) in [7, 11) is 1.88. The average Bonchev–Trinajstić information content (AvgIpc) is 2.89. The minimum atomic E-state index is -0.354. The molecule has 0 aliphatic carbocycles. The highest BCUT2D eigenvalue weighted by molar-refractivity contribution is 5.35. The highest BCUT2D eigenvalue weighted by atomic mass is 16.6. The van der Waals surface area contributed by atoms with E-state index in [0.717, 1.165) is 24.0 Å². The van der Waals surface area contributed by atoms with Gasteiger partial charge in [0, 0.05) is 43.5 Å². The lowest BCUT2D eigenvalue weighted by Crippen LogP contribution is -2.20. The van der Waals surface area contributed by atoms with Crippen LogP contribution in [0.1, 0.15) is 36.9 Å². The van der Waals surface area contributed by atoms with Crippen molar-refractivity contribution in [3.63, 3.8) is 0 Å². The van der Waals surface area contributed by atoms with Crippen LogP contribution in [0, 0.1) is 10.1 Å². The maximum absolute atomic E-state index is 10.9. The zero-order valence-electron chi connectivity index (χ0n) is 12.3. The fourth-order valence-electron chi connectivity index (χ4n) is 2.33. The Balaban J connectivity index is 2.10. The molecule has 0 amide bonds. The third-order valence-electron chi connectivity index (χ3n) is 3.37. The topological polar surface area (TPSA) is 73.0 Å². The van der Waals surface area contributed by atoms with Gasteiger partial charge in [-0.2, -0.15) is 5.10 Å². The summed E-state index contributed by atoms with van der Waals surface area (Å²) in [6.45, 7) is 2.80. The molecule has 1 aromatic heterocycles. The molecule has 1 N–H and O–H groups in total. The first-order valence-corrected chi connectivity index (χ1v) is 7.05. The van der Waals surface area contributed by atoms with Crippen molar-refractivity contribution in [2.75, 3.05) is 0 Å². The number of rotatable bonds is 7. The van der Waals surface area contributed by atoms with E-state index >= 15 is 0 Å². The van der Waals surface area contributed by atoms with E-state index in [1.54, 1.807) is 16.8 Å². The number of aromatic nitrogens is 2. The monoisotopic (exact) mass is 288 g/mol. The summed E-state index contributed by atoms with van der Waals surface area (Å²) in [6, 6.07) is 6.95. The van der Waals surface area contributed by atoms with E-state index in [0.29, 0.717) is 6.54 Å². The van der Waals surface area contributed by atoms with Gasteiger partial charge >= 0.3 is 0 Å². The second-order valence-corrected chi connectivity index (χ2v) is 5.10. The minimum Gasteiger partial charge on any atom is -0.306 e. The minimum absolute atomic E-state index is 0.107. The molecule has 1 unspecified atom stereocenters. The largest absolute Gasteiger partial charge is 0.306 e. The molecule has 6 nitrogen and oxygen atoms in total. The van der Waals surface area contributed by atoms with Crippen LogP contribution in [0.25, 0.3) is 0 Å². The van der Waals surface area contributed by atoms with E-state index in [-0.39, 0.29) is 16.7 Å². The lowest BCUT2D eigenvalue weighted by atomic mass is 10.0. The maximum Gasteiger partial charge on any atom is 0.269 e. The zero-order chi connectivity index (χ0) is 15.2. The Morgan fingerprint density at radius 3 is 2.90 bits per heavy atom. The van der Waals surface area contributed by atoms with Gasteiger partial charge in [0.2, 0.25) is 0 Å². The quantitative estimate of drug-likeness (QED) is 0.628. The van der Waals surface area contributed by atoms with Crippen LogP contribution in [-0.2, 0) is 13.6 Å². The van der Waals surface area contributed by atoms with Gasteiger partial charge < -0.3 is 5.32 Å². The molecule has 2 aromatic rings. The summed E-state index contributed by atoms with van der Waals surface area (Å²) in [4.78, 5) is 10.5. The summed E-state index contributed by atoms with van der Waals surface area (Å²) in [5.41, 5.74) is 2.19. The van der Waals surface area contributed by atoms with Crippen LogP contribution in [-0.4, -0.2) is 14.7 Å². The number of hydrogen-bond donors (Lipinski definition) is 1. The van der Waals surface area contributed by atoms with E-state index in [9.17, 15) is 10.1 Å². The number of nitro benzene ring substituents is 1. The fourth-order valence-corrected chi connectivity index (χ4v) is 2.33. The molecule has 0 saturated carbocycles. The number of hydrogen-bond acceptors (Lipinski definition) is 4. The van der Waals surface area contributed by atoms with Crippen molar-refractivity contribution in [3.05, 3.63) is 57.9 Å². The Labute approximate surface area is 123 Å². The Hall–Kier alpha value is -2.21. The first kappa shape index (κ1) is 15.2. The molecule has 0 saturated heterocycles. The number of nitro groups is 1. The van der Waals surface area contributed by atoms with Gasteiger partial charge in [0.05, 0.1) is 11.1 Å². The van der Waals surface area contributed by atoms with Crippen molar-refractivity contribution in [2.24, 2.45) is 7.05 Å². The predicted molar refractivity (Wildman–Crippen MR) is 80.8 cm³/mol. The summed E-state index contributed by atoms with van der Waals surface area (Å²) >= 11 is 0. The van der Waals surface area contributed by atoms with E-state index in [2.05, 4.69) is 17.3 Å². The number of aryl methyl sites for hydroxylation is 1. The Bertz CT molecular complexity index is 609. The van der Waals surface area contributed by atoms with Gasteiger partial charge in [-0.1, -0.05) is 25.5 Å². The molecule has 0 bridgehead atoms. The molecule has 1 aromatic carbocycles. The van der Waals surface area contributed by atoms with Crippen LogP contribution in [0.2, 0.25) is 0 Å². The molecule has 2 rings (SSSR count). The molecule has 21 heavy (non-hydrogen) atoms. The molecule has 0 aliphatic heterocycles. The number of nitrogens with zero attached hydrogens (tertiary/aromatic N) is 3. The second kappa shape index (κ2) is 6.99. The lowest BCUT2D eigenvalue weighted by Gasteiger charge is -2.18. The molecule has 0 spiro atoms. The summed E-state index contributed by atoms with van der Waals surface area (Å²) in [5, 5.41) is 18.5. The number of nitrogens with one attached hydrogen (secondary N) is 1. The molecule has 112 valence electrons. The van der Waals surface area contributed by atoms with Gasteiger partial charge in [0.15, 0.2) is 0 Å². The van der Waals surface area contributed by atoms with Gasteiger partial charge in [-0.05, 0) is 12.0 Å². The lowest BCUT2D eigenvalue weighted by molar-refractivity contribution is -0.384. The van der Waals surface area contributed by atoms with E-state index in [4.69, 9.17) is 0 Å². The standard InChI is InChI=1S/C15H20N4O2/c1-3-5-15(16-9-12-10-17-18(2)11-12)13-6-4-7-14(8-13)19(20)21/h4,6-8,10-11,15-16H,3,5,9H2,1-2H3. The predicted octanol–water partition coefficient (Wildman–Crippen LogP) is 2.96. The van der Waals surface area contributed by atoms with Crippen LogP contribution in [0.4, 0.5) is 5.69 Å². The Morgan fingerprint density at radius 1 is 1.48 bits per heavy atom. The first-order valence-electron chi connectivity index (χ1n) is 7.05. The van der Waals surface area contributed by atoms with Crippen LogP contribution in [0.5, 0.6) is 0 Å². The van der Waals surface area contributed by atoms with Crippen molar-refractivity contribution in [2.45, 2.75) is 32.4 Å². The van der Waals surface area contributed by atoms with Crippen molar-refractivity contribution in [3.8, 4) is 0 Å². The molecule has 6 heteroatoms. The molecule has 0 radical (unpaired) electrons. The first-order chi connectivity index (χ1) is 10.1. The Kier molecular flexibility index (Phi) is 5.05. The molecular weight excluding hydrogens is 268 g/mol. The SMILES string of the molecule is CCCC(NCc1cnn(C)c1)c1cccc([N+](=O)[O-])c1. The van der Waals surface area contributed by atoms with Crippen molar-refractivity contribution >= 4 is 5.69 Å². The van der Waals surface area contributed by atoms with Crippen molar-refractivity contribution in [1.29, 1.82) is 0 Å². The average molecular weight is 288 g/mol. The number of non-ortho nitro benzene ring substituents is 1. The normalized spacial score (nSPS) is 12.3. The van der Waals surface area contributed by atoms with E-state index in [1.165, 1.54) is 6.07 Å². The van der Waals surface area contributed by atoms with Gasteiger partial charge in [-0.15, -0.1) is 0 Å². The highest BCUT2D eigenvalue weighted by Crippen LogP contribution is 2.23. The summed E-state index contributed by atoms with van der Waals surface area (Å²) in [6.07, 6.45) is 5.72. The van der Waals surface area contributed by atoms with Crippen LogP contribution >= 0.6 is 0 Å². The summed E-state index contributed by atoms with van der Waals surface area (Å²) < 4.78 is 1.76. The molecular formula is C15H20N4O2. The molecule has 0 aliphatic rings. The summed E-state index contributed by atoms with van der Waals surface area (Å²) in [5.74, 6) is 0. The van der Waals surface area contributed by atoms with Gasteiger partial charge in [0.25, 0.3) is 5.69 Å². The van der Waals surface area contributed by atoms with E-state index in [1.807, 2.05) is 25.5 Å². The molecule has 1 atom stereocenters. The molecule has 0 fully saturated rings. The third kappa shape index (κ3) is 4.13. The Morgan fingerprint density at radius 2 is 2.29 bits per heavy atom. The van der Waals surface area contributed by atoms with Crippen molar-refractivity contribution < 1.29 is 4.92 Å². The van der Waals surface area contributed by atoms with Crippen LogP contribution in [0.15, 0.2) is 36.7 Å². The smallest absolute Gasteiger partial charge is 0.269 e. The van der Waals surface area contributed by atoms with Crippen LogP contribution < -0.4 is 5.32 Å². The van der Waals surface area contributed by atoms with Gasteiger partial charge in [0.1, 0.15) is 0 Å². The second-order valence-electron chi connectivity index (χ2n) is 5.10. The third-order valence-corrected chi connectivity index (χ3v) is 3.37. The highest BCUT2D eigenvalue weighted by Gasteiger charge is 2.14. The molecule has 1 heterocycles. The van der Waals surface area contributed by atoms with Gasteiger partial charge in [-0.3, -0.25) is 14.8 Å². The fraction of sp³-hybridized carbons (Fsp3) is 0.400. The van der Waals surface area contributed by atoms with Crippen molar-refractivity contribution in [1.82, 2.24) is 15.1 Å². The zero-order valence-corrected chi connectivity index (χ0v) is 12.3. The van der Waals surface area contributed by atoms with Crippen LogP contribution in [0.3, 0.4) is 0 Å².